The first kappa shape index (κ1) is 20.8. The van der Waals surface area contributed by atoms with Gasteiger partial charge in [0.15, 0.2) is 6.61 Å². The maximum atomic E-state index is 12.4. The molecule has 0 radical (unpaired) electrons. The number of hydrogen-bond donors (Lipinski definition) is 1. The van der Waals surface area contributed by atoms with Crippen LogP contribution in [0.25, 0.3) is 0 Å². The average Bonchev–Trinajstić information content (AvgIpc) is 2.64. The zero-order valence-corrected chi connectivity index (χ0v) is 15.2. The summed E-state index contributed by atoms with van der Waals surface area (Å²) in [7, 11) is 1.59. The topological polar surface area (TPSA) is 64.8 Å². The lowest BCUT2D eigenvalue weighted by atomic mass is 10.1. The second-order valence-corrected chi connectivity index (χ2v) is 5.37. The summed E-state index contributed by atoms with van der Waals surface area (Å²) in [5, 5.41) is 0. The Labute approximate surface area is 155 Å². The van der Waals surface area contributed by atoms with E-state index in [0.717, 1.165) is 6.42 Å². The Kier molecular flexibility index (Phi) is 9.43. The second kappa shape index (κ2) is 11.3. The lowest BCUT2D eigenvalue weighted by molar-refractivity contribution is -0.133. The number of hydrogen-bond acceptors (Lipinski definition) is 4. The summed E-state index contributed by atoms with van der Waals surface area (Å²) >= 11 is 0. The maximum absolute atomic E-state index is 12.4. The van der Waals surface area contributed by atoms with Crippen LogP contribution in [0.1, 0.15) is 5.56 Å². The number of carbonyl (C=O) groups excluding carboxylic acids is 1. The molecule has 0 saturated heterocycles. The Morgan fingerprint density at radius 2 is 1.76 bits per heavy atom. The van der Waals surface area contributed by atoms with Gasteiger partial charge in [0.25, 0.3) is 5.91 Å². The number of rotatable bonds is 9. The van der Waals surface area contributed by atoms with Gasteiger partial charge in [0, 0.05) is 25.7 Å². The Morgan fingerprint density at radius 1 is 1.04 bits per heavy atom. The second-order valence-electron chi connectivity index (χ2n) is 5.37. The molecule has 136 valence electrons. The molecule has 2 rings (SSSR count). The molecule has 0 fully saturated rings. The van der Waals surface area contributed by atoms with Gasteiger partial charge in [0.05, 0.1) is 7.11 Å². The third kappa shape index (κ3) is 7.03. The minimum atomic E-state index is -0.0702. The zero-order valence-electron chi connectivity index (χ0n) is 14.4. The van der Waals surface area contributed by atoms with Crippen molar-refractivity contribution in [3.8, 4) is 11.5 Å². The van der Waals surface area contributed by atoms with Crippen molar-refractivity contribution < 1.29 is 14.3 Å². The minimum Gasteiger partial charge on any atom is -0.497 e. The maximum Gasteiger partial charge on any atom is 0.260 e. The SMILES string of the molecule is COc1cccc(OCC(=O)N(CCN)CCc2ccccc2)c1.Cl. The molecule has 0 bridgehead atoms. The van der Waals surface area contributed by atoms with E-state index in [1.807, 2.05) is 30.3 Å². The van der Waals surface area contributed by atoms with Gasteiger partial charge >= 0.3 is 0 Å². The number of amides is 1. The van der Waals surface area contributed by atoms with Crippen molar-refractivity contribution in [3.63, 3.8) is 0 Å². The fraction of sp³-hybridized carbons (Fsp3) is 0.316. The summed E-state index contributed by atoms with van der Waals surface area (Å²) in [6.07, 6.45) is 0.797. The third-order valence-electron chi connectivity index (χ3n) is 3.67. The number of methoxy groups -OCH3 is 1. The normalized spacial score (nSPS) is 9.84. The fourth-order valence-electron chi connectivity index (χ4n) is 2.35. The van der Waals surface area contributed by atoms with Crippen molar-refractivity contribution in [2.45, 2.75) is 6.42 Å². The highest BCUT2D eigenvalue weighted by molar-refractivity contribution is 5.85. The molecule has 0 unspecified atom stereocenters. The summed E-state index contributed by atoms with van der Waals surface area (Å²) in [5.41, 5.74) is 6.83. The van der Waals surface area contributed by atoms with Gasteiger partial charge in [-0.25, -0.2) is 0 Å². The first-order valence-corrected chi connectivity index (χ1v) is 8.01. The number of halogens is 1. The van der Waals surface area contributed by atoms with Gasteiger partial charge in [-0.2, -0.15) is 0 Å². The third-order valence-corrected chi connectivity index (χ3v) is 3.67. The van der Waals surface area contributed by atoms with Crippen molar-refractivity contribution >= 4 is 18.3 Å². The number of benzene rings is 2. The van der Waals surface area contributed by atoms with E-state index in [-0.39, 0.29) is 24.9 Å². The molecule has 0 heterocycles. The molecule has 1 amide bonds. The van der Waals surface area contributed by atoms with Crippen LogP contribution in [0.15, 0.2) is 54.6 Å². The molecular formula is C19H25ClN2O3. The molecule has 0 aliphatic rings. The van der Waals surface area contributed by atoms with Crippen molar-refractivity contribution in [1.82, 2.24) is 4.90 Å². The number of ether oxygens (including phenoxy) is 2. The highest BCUT2D eigenvalue weighted by atomic mass is 35.5. The highest BCUT2D eigenvalue weighted by Gasteiger charge is 2.13. The molecule has 0 aliphatic heterocycles. The van der Waals surface area contributed by atoms with Crippen LogP contribution < -0.4 is 15.2 Å². The average molecular weight is 365 g/mol. The lowest BCUT2D eigenvalue weighted by Crippen LogP contribution is -2.39. The van der Waals surface area contributed by atoms with E-state index in [1.54, 1.807) is 24.1 Å². The number of nitrogens with two attached hydrogens (primary N) is 1. The minimum absolute atomic E-state index is 0. The molecular weight excluding hydrogens is 340 g/mol. The highest BCUT2D eigenvalue weighted by Crippen LogP contribution is 2.18. The van der Waals surface area contributed by atoms with Crippen LogP contribution in [0.3, 0.4) is 0 Å². The Bertz CT molecular complexity index is 638. The molecule has 5 nitrogen and oxygen atoms in total. The molecule has 6 heteroatoms. The zero-order chi connectivity index (χ0) is 17.2. The van der Waals surface area contributed by atoms with E-state index >= 15 is 0 Å². The predicted molar refractivity (Wildman–Crippen MR) is 102 cm³/mol. The van der Waals surface area contributed by atoms with Crippen molar-refractivity contribution in [3.05, 3.63) is 60.2 Å². The Hall–Kier alpha value is -2.24. The van der Waals surface area contributed by atoms with E-state index in [2.05, 4.69) is 12.1 Å². The standard InChI is InChI=1S/C19H24N2O3.ClH/c1-23-17-8-5-9-18(14-17)24-15-19(22)21(13-11-20)12-10-16-6-3-2-4-7-16;/h2-9,14H,10-13,15,20H2,1H3;1H. The van der Waals surface area contributed by atoms with E-state index in [1.165, 1.54) is 5.56 Å². The Morgan fingerprint density at radius 3 is 2.44 bits per heavy atom. The summed E-state index contributed by atoms with van der Waals surface area (Å²) in [5.74, 6) is 1.24. The summed E-state index contributed by atoms with van der Waals surface area (Å²) in [6, 6.07) is 17.3. The van der Waals surface area contributed by atoms with E-state index in [4.69, 9.17) is 15.2 Å². The number of carbonyl (C=O) groups is 1. The molecule has 0 atom stereocenters. The van der Waals surface area contributed by atoms with E-state index in [0.29, 0.717) is 31.1 Å². The quantitative estimate of drug-likeness (QED) is 0.742. The van der Waals surface area contributed by atoms with Crippen LogP contribution in [0.5, 0.6) is 11.5 Å². The summed E-state index contributed by atoms with van der Waals surface area (Å²) in [4.78, 5) is 14.1. The number of nitrogens with zero attached hydrogens (tertiary/aromatic N) is 1. The predicted octanol–water partition coefficient (Wildman–Crippen LogP) is 2.53. The first-order valence-electron chi connectivity index (χ1n) is 8.01. The van der Waals surface area contributed by atoms with Gasteiger partial charge in [0.2, 0.25) is 0 Å². The van der Waals surface area contributed by atoms with Crippen molar-refractivity contribution in [2.24, 2.45) is 5.73 Å². The van der Waals surface area contributed by atoms with Gasteiger partial charge in [0.1, 0.15) is 11.5 Å². The van der Waals surface area contributed by atoms with Crippen molar-refractivity contribution in [2.75, 3.05) is 33.4 Å². The van der Waals surface area contributed by atoms with Gasteiger partial charge in [-0.05, 0) is 24.1 Å². The summed E-state index contributed by atoms with van der Waals surface area (Å²) < 4.78 is 10.7. The fourth-order valence-corrected chi connectivity index (χ4v) is 2.35. The van der Waals surface area contributed by atoms with Crippen molar-refractivity contribution in [1.29, 1.82) is 0 Å². The van der Waals surface area contributed by atoms with Crippen LogP contribution >= 0.6 is 12.4 Å². The van der Waals surface area contributed by atoms with Gasteiger partial charge in [-0.15, -0.1) is 12.4 Å². The monoisotopic (exact) mass is 364 g/mol. The van der Waals surface area contributed by atoms with E-state index in [9.17, 15) is 4.79 Å². The molecule has 2 aromatic carbocycles. The van der Waals surface area contributed by atoms with Crippen LogP contribution in [0.4, 0.5) is 0 Å². The molecule has 0 aromatic heterocycles. The van der Waals surface area contributed by atoms with E-state index < -0.39 is 0 Å². The van der Waals surface area contributed by atoms with Crippen LogP contribution in [-0.2, 0) is 11.2 Å². The summed E-state index contributed by atoms with van der Waals surface area (Å²) in [6.45, 7) is 1.57. The largest absolute Gasteiger partial charge is 0.497 e. The first-order chi connectivity index (χ1) is 11.7. The molecule has 25 heavy (non-hydrogen) atoms. The molecule has 0 spiro atoms. The molecule has 0 aliphatic carbocycles. The van der Waals surface area contributed by atoms with Crippen LogP contribution in [0.2, 0.25) is 0 Å². The van der Waals surface area contributed by atoms with Gasteiger partial charge in [-0.1, -0.05) is 36.4 Å². The lowest BCUT2D eigenvalue weighted by Gasteiger charge is -2.22. The van der Waals surface area contributed by atoms with Gasteiger partial charge < -0.3 is 20.1 Å². The van der Waals surface area contributed by atoms with Crippen LogP contribution in [0, 0.1) is 0 Å². The molecule has 0 saturated carbocycles. The van der Waals surface area contributed by atoms with Crippen LogP contribution in [-0.4, -0.2) is 44.2 Å². The smallest absolute Gasteiger partial charge is 0.260 e. The molecule has 2 N–H and O–H groups in total. The Balaban J connectivity index is 0.00000312. The van der Waals surface area contributed by atoms with Gasteiger partial charge in [-0.3, -0.25) is 4.79 Å². The molecule has 2 aromatic rings.